The average Bonchev–Trinajstić information content (AvgIpc) is 2.91. The lowest BCUT2D eigenvalue weighted by Gasteiger charge is -2.23. The molecule has 0 radical (unpaired) electrons. The largest absolute Gasteiger partial charge is 0.437 e. The number of nitrogens with zero attached hydrogens (tertiary/aromatic N) is 4. The second-order valence-electron chi connectivity index (χ2n) is 8.44. The lowest BCUT2D eigenvalue weighted by atomic mass is 10.1. The van der Waals surface area contributed by atoms with Gasteiger partial charge in [0.25, 0.3) is 10.0 Å². The van der Waals surface area contributed by atoms with Crippen molar-refractivity contribution in [3.05, 3.63) is 78.0 Å². The van der Waals surface area contributed by atoms with E-state index in [2.05, 4.69) is 35.3 Å². The summed E-state index contributed by atoms with van der Waals surface area (Å²) in [6.07, 6.45) is 6.62. The first kappa shape index (κ1) is 25.8. The molecule has 0 bridgehead atoms. The maximum atomic E-state index is 14.9. The van der Waals surface area contributed by atoms with E-state index in [1.807, 2.05) is 0 Å². The van der Waals surface area contributed by atoms with Crippen molar-refractivity contribution in [2.24, 2.45) is 0 Å². The number of halogens is 2. The van der Waals surface area contributed by atoms with Crippen LogP contribution < -0.4 is 20.1 Å². The zero-order valence-electron chi connectivity index (χ0n) is 19.9. The summed E-state index contributed by atoms with van der Waals surface area (Å²) in [5.74, 6) is -0.210. The van der Waals surface area contributed by atoms with Gasteiger partial charge in [-0.15, -0.1) is 0 Å². The van der Waals surface area contributed by atoms with Crippen molar-refractivity contribution < 1.29 is 17.5 Å². The molecule has 4 aromatic rings. The van der Waals surface area contributed by atoms with E-state index in [0.29, 0.717) is 17.3 Å². The Morgan fingerprint density at radius 2 is 1.89 bits per heavy atom. The van der Waals surface area contributed by atoms with E-state index in [9.17, 15) is 12.8 Å². The summed E-state index contributed by atoms with van der Waals surface area (Å²) in [5.41, 5.74) is 0.544. The molecule has 196 valence electrons. The fraction of sp³-hybridized carbons (Fsp3) is 0.200. The van der Waals surface area contributed by atoms with Gasteiger partial charge in [-0.3, -0.25) is 4.72 Å². The summed E-state index contributed by atoms with van der Waals surface area (Å²) in [6, 6.07) is 11.5. The van der Waals surface area contributed by atoms with Crippen molar-refractivity contribution in [3.63, 3.8) is 0 Å². The number of rotatable bonds is 8. The number of nitrogens with one attached hydrogen (secondary N) is 3. The van der Waals surface area contributed by atoms with Gasteiger partial charge >= 0.3 is 0 Å². The molecule has 0 amide bonds. The van der Waals surface area contributed by atoms with Crippen LogP contribution in [0, 0.1) is 5.82 Å². The van der Waals surface area contributed by atoms with Crippen molar-refractivity contribution in [3.8, 4) is 23.0 Å². The lowest BCUT2D eigenvalue weighted by molar-refractivity contribution is 0.457. The van der Waals surface area contributed by atoms with Crippen molar-refractivity contribution in [2.45, 2.75) is 23.8 Å². The molecule has 3 heterocycles. The summed E-state index contributed by atoms with van der Waals surface area (Å²) in [4.78, 5) is 17.3. The Morgan fingerprint density at radius 1 is 1.05 bits per heavy atom. The fourth-order valence-corrected chi connectivity index (χ4v) is 5.50. The molecule has 1 aliphatic rings. The van der Waals surface area contributed by atoms with Crippen LogP contribution >= 0.6 is 11.6 Å². The third-order valence-electron chi connectivity index (χ3n) is 5.72. The lowest BCUT2D eigenvalue weighted by Crippen LogP contribution is -2.38. The maximum Gasteiger partial charge on any atom is 0.263 e. The standard InChI is InChI=1S/C25H23ClFN7O3S/c26-18-5-1-2-6-22(18)38(35,36)34-20-8-7-17(14-19(20)27)37-24-23(29-12-13-30-24)21-9-11-31-25(33-21)32-16-4-3-10-28-15-16/h1-2,5-9,11-14,16,28,34H,3-4,10,15H2,(H,31,32,33). The van der Waals surface area contributed by atoms with Crippen LogP contribution in [0.25, 0.3) is 11.4 Å². The quantitative estimate of drug-likeness (QED) is 0.288. The van der Waals surface area contributed by atoms with Crippen molar-refractivity contribution in [2.75, 3.05) is 23.1 Å². The molecule has 1 unspecified atom stereocenters. The molecule has 0 saturated carbocycles. The van der Waals surface area contributed by atoms with E-state index in [1.165, 1.54) is 42.7 Å². The Hall–Kier alpha value is -3.87. The van der Waals surface area contributed by atoms with Crippen LogP contribution in [0.2, 0.25) is 5.02 Å². The molecule has 1 saturated heterocycles. The van der Waals surface area contributed by atoms with Crippen LogP contribution in [-0.2, 0) is 10.0 Å². The zero-order valence-corrected chi connectivity index (χ0v) is 21.5. The van der Waals surface area contributed by atoms with Gasteiger partial charge in [0, 0.05) is 37.2 Å². The molecule has 1 fully saturated rings. The summed E-state index contributed by atoms with van der Waals surface area (Å²) in [6.45, 7) is 1.82. The van der Waals surface area contributed by atoms with Gasteiger partial charge in [0.1, 0.15) is 10.6 Å². The van der Waals surface area contributed by atoms with Gasteiger partial charge in [-0.2, -0.15) is 0 Å². The number of sulfonamides is 1. The van der Waals surface area contributed by atoms with Crippen LogP contribution in [0.4, 0.5) is 16.0 Å². The highest BCUT2D eigenvalue weighted by molar-refractivity contribution is 7.92. The number of hydrogen-bond donors (Lipinski definition) is 3. The molecule has 2 aromatic carbocycles. The summed E-state index contributed by atoms with van der Waals surface area (Å²) in [7, 11) is -4.11. The molecule has 3 N–H and O–H groups in total. The van der Waals surface area contributed by atoms with Gasteiger partial charge in [-0.25, -0.2) is 32.7 Å². The molecule has 2 aromatic heterocycles. The van der Waals surface area contributed by atoms with E-state index in [1.54, 1.807) is 18.3 Å². The van der Waals surface area contributed by atoms with Crippen molar-refractivity contribution in [1.82, 2.24) is 25.3 Å². The Labute approximate surface area is 223 Å². The van der Waals surface area contributed by atoms with Gasteiger partial charge in [0.2, 0.25) is 11.8 Å². The summed E-state index contributed by atoms with van der Waals surface area (Å²) >= 11 is 5.99. The van der Waals surface area contributed by atoms with Gasteiger partial charge in [-0.05, 0) is 49.7 Å². The predicted molar refractivity (Wildman–Crippen MR) is 141 cm³/mol. The number of benzene rings is 2. The maximum absolute atomic E-state index is 14.9. The first-order valence-corrected chi connectivity index (χ1v) is 13.6. The Balaban J connectivity index is 1.35. The van der Waals surface area contributed by atoms with E-state index in [4.69, 9.17) is 16.3 Å². The SMILES string of the molecule is O=S(=O)(Nc1ccc(Oc2nccnc2-c2ccnc(NC3CCCNC3)n2)cc1F)c1ccccc1Cl. The minimum absolute atomic E-state index is 0.0222. The molecule has 5 rings (SSSR count). The highest BCUT2D eigenvalue weighted by atomic mass is 35.5. The molecule has 0 spiro atoms. The first-order valence-electron chi connectivity index (χ1n) is 11.8. The molecule has 1 atom stereocenters. The fourth-order valence-electron chi connectivity index (χ4n) is 3.91. The molecule has 38 heavy (non-hydrogen) atoms. The highest BCUT2D eigenvalue weighted by Gasteiger charge is 2.20. The smallest absolute Gasteiger partial charge is 0.263 e. The number of hydrogen-bond acceptors (Lipinski definition) is 9. The molecule has 10 nitrogen and oxygen atoms in total. The van der Waals surface area contributed by atoms with Gasteiger partial charge in [-0.1, -0.05) is 23.7 Å². The van der Waals surface area contributed by atoms with Crippen molar-refractivity contribution in [1.29, 1.82) is 0 Å². The minimum Gasteiger partial charge on any atom is -0.437 e. The number of anilines is 2. The highest BCUT2D eigenvalue weighted by Crippen LogP contribution is 2.31. The van der Waals surface area contributed by atoms with Crippen LogP contribution in [0.5, 0.6) is 11.6 Å². The second kappa shape index (κ2) is 11.3. The second-order valence-corrected chi connectivity index (χ2v) is 10.5. The van der Waals surface area contributed by atoms with Crippen LogP contribution in [0.1, 0.15) is 12.8 Å². The van der Waals surface area contributed by atoms with Crippen molar-refractivity contribution >= 4 is 33.3 Å². The van der Waals surface area contributed by atoms with Gasteiger partial charge < -0.3 is 15.4 Å². The first-order chi connectivity index (χ1) is 18.4. The van der Waals surface area contributed by atoms with E-state index in [0.717, 1.165) is 32.0 Å². The summed E-state index contributed by atoms with van der Waals surface area (Å²) < 4.78 is 48.3. The normalized spacial score (nSPS) is 15.6. The number of aromatic nitrogens is 4. The van der Waals surface area contributed by atoms with Gasteiger partial charge in [0.15, 0.2) is 11.5 Å². The molecular weight excluding hydrogens is 533 g/mol. The third kappa shape index (κ3) is 5.98. The summed E-state index contributed by atoms with van der Waals surface area (Å²) in [5, 5.41) is 6.68. The van der Waals surface area contributed by atoms with Crippen LogP contribution in [0.15, 0.2) is 72.0 Å². The topological polar surface area (TPSA) is 131 Å². The number of ether oxygens (including phenoxy) is 1. The molecule has 13 heteroatoms. The van der Waals surface area contributed by atoms with Gasteiger partial charge in [0.05, 0.1) is 16.4 Å². The predicted octanol–water partition coefficient (Wildman–Crippen LogP) is 4.48. The zero-order chi connectivity index (χ0) is 26.5. The minimum atomic E-state index is -4.11. The molecular formula is C25H23ClFN7O3S. The van der Waals surface area contributed by atoms with E-state index >= 15 is 0 Å². The molecule has 1 aliphatic heterocycles. The van der Waals surface area contributed by atoms with Crippen LogP contribution in [-0.4, -0.2) is 47.5 Å². The monoisotopic (exact) mass is 555 g/mol. The Morgan fingerprint density at radius 3 is 2.68 bits per heavy atom. The van der Waals surface area contributed by atoms with E-state index in [-0.39, 0.29) is 33.3 Å². The third-order valence-corrected chi connectivity index (χ3v) is 7.58. The Kier molecular flexibility index (Phi) is 7.63. The number of piperidine rings is 1. The molecule has 0 aliphatic carbocycles. The van der Waals surface area contributed by atoms with Crippen LogP contribution in [0.3, 0.4) is 0 Å². The average molecular weight is 556 g/mol. The Bertz CT molecular complexity index is 1550. The van der Waals surface area contributed by atoms with E-state index < -0.39 is 15.8 Å².